The molecule has 0 aromatic rings. The molecule has 0 saturated heterocycles. The van der Waals surface area contributed by atoms with Crippen molar-refractivity contribution >= 4 is 0 Å². The molecule has 0 bridgehead atoms. The topological polar surface area (TPSA) is 64.7 Å². The molecular formula is C11H25NO3. The smallest absolute Gasteiger partial charge is 0.0978 e. The summed E-state index contributed by atoms with van der Waals surface area (Å²) in [5.74, 6) is 0.513. The van der Waals surface area contributed by atoms with Crippen LogP contribution in [-0.2, 0) is 9.47 Å². The van der Waals surface area contributed by atoms with Gasteiger partial charge in [-0.05, 0) is 12.3 Å². The third kappa shape index (κ3) is 6.84. The van der Waals surface area contributed by atoms with Crippen LogP contribution in [0, 0.1) is 5.92 Å². The van der Waals surface area contributed by atoms with E-state index in [-0.39, 0.29) is 18.8 Å². The first kappa shape index (κ1) is 14.8. The van der Waals surface area contributed by atoms with Gasteiger partial charge in [0.2, 0.25) is 0 Å². The number of methoxy groups -OCH3 is 1. The van der Waals surface area contributed by atoms with Gasteiger partial charge in [0.25, 0.3) is 0 Å². The molecule has 0 amide bonds. The Morgan fingerprint density at radius 3 is 2.47 bits per heavy atom. The van der Waals surface area contributed by atoms with Gasteiger partial charge < -0.3 is 20.3 Å². The molecule has 0 aromatic carbocycles. The Hall–Kier alpha value is -0.160. The lowest BCUT2D eigenvalue weighted by atomic mass is 10.1. The number of ether oxygens (including phenoxy) is 2. The van der Waals surface area contributed by atoms with E-state index in [2.05, 4.69) is 13.8 Å². The highest BCUT2D eigenvalue weighted by Crippen LogP contribution is 2.08. The van der Waals surface area contributed by atoms with Crippen LogP contribution in [0.25, 0.3) is 0 Å². The molecule has 0 saturated carbocycles. The lowest BCUT2D eigenvalue weighted by Gasteiger charge is -2.23. The van der Waals surface area contributed by atoms with Gasteiger partial charge in [0.05, 0.1) is 25.4 Å². The maximum absolute atomic E-state index is 9.11. The van der Waals surface area contributed by atoms with Crippen molar-refractivity contribution < 1.29 is 14.6 Å². The second kappa shape index (κ2) is 9.09. The Labute approximate surface area is 92.7 Å². The van der Waals surface area contributed by atoms with Crippen LogP contribution in [0.15, 0.2) is 0 Å². The maximum Gasteiger partial charge on any atom is 0.0978 e. The van der Waals surface area contributed by atoms with E-state index in [0.717, 1.165) is 12.8 Å². The number of rotatable bonds is 9. The van der Waals surface area contributed by atoms with Crippen molar-refractivity contribution in [3.8, 4) is 0 Å². The average Bonchev–Trinajstić information content (AvgIpc) is 2.19. The highest BCUT2D eigenvalue weighted by atomic mass is 16.5. The normalized spacial score (nSPS) is 17.4. The third-order valence-corrected chi connectivity index (χ3v) is 2.39. The maximum atomic E-state index is 9.11. The lowest BCUT2D eigenvalue weighted by molar-refractivity contribution is -0.0303. The van der Waals surface area contributed by atoms with Crippen molar-refractivity contribution in [2.45, 2.75) is 38.8 Å². The predicted octanol–water partition coefficient (Wildman–Crippen LogP) is 0.774. The second-order valence-corrected chi connectivity index (χ2v) is 4.07. The van der Waals surface area contributed by atoms with Gasteiger partial charge >= 0.3 is 0 Å². The van der Waals surface area contributed by atoms with Crippen molar-refractivity contribution in [2.24, 2.45) is 11.7 Å². The van der Waals surface area contributed by atoms with Crippen molar-refractivity contribution in [1.29, 1.82) is 0 Å². The minimum atomic E-state index is -0.316. The van der Waals surface area contributed by atoms with E-state index < -0.39 is 0 Å². The van der Waals surface area contributed by atoms with Crippen LogP contribution >= 0.6 is 0 Å². The van der Waals surface area contributed by atoms with Crippen LogP contribution in [0.3, 0.4) is 0 Å². The van der Waals surface area contributed by atoms with E-state index in [4.69, 9.17) is 20.3 Å². The number of hydrogen-bond acceptors (Lipinski definition) is 4. The summed E-state index contributed by atoms with van der Waals surface area (Å²) < 4.78 is 10.5. The van der Waals surface area contributed by atoms with Crippen LogP contribution in [0.5, 0.6) is 0 Å². The first-order valence-electron chi connectivity index (χ1n) is 5.62. The Morgan fingerprint density at radius 1 is 1.33 bits per heavy atom. The van der Waals surface area contributed by atoms with Crippen LogP contribution in [-0.4, -0.2) is 44.2 Å². The summed E-state index contributed by atoms with van der Waals surface area (Å²) in [6.45, 7) is 5.30. The Balaban J connectivity index is 3.78. The van der Waals surface area contributed by atoms with Crippen molar-refractivity contribution in [1.82, 2.24) is 0 Å². The zero-order valence-electron chi connectivity index (χ0n) is 10.1. The standard InChI is InChI=1S/C11H25NO3/c1-4-5-9(2)7-15-11(6-13)10(12)8-14-3/h9-11,13H,4-8,12H2,1-3H3. The van der Waals surface area contributed by atoms with Gasteiger partial charge in [-0.15, -0.1) is 0 Å². The molecule has 15 heavy (non-hydrogen) atoms. The van der Waals surface area contributed by atoms with Gasteiger partial charge in [0.15, 0.2) is 0 Å². The van der Waals surface area contributed by atoms with E-state index in [1.807, 2.05) is 0 Å². The zero-order valence-corrected chi connectivity index (χ0v) is 10.1. The fraction of sp³-hybridized carbons (Fsp3) is 1.00. The van der Waals surface area contributed by atoms with Crippen molar-refractivity contribution in [3.63, 3.8) is 0 Å². The first-order valence-corrected chi connectivity index (χ1v) is 5.62. The quantitative estimate of drug-likeness (QED) is 0.601. The molecule has 3 unspecified atom stereocenters. The highest BCUT2D eigenvalue weighted by Gasteiger charge is 2.18. The number of nitrogens with two attached hydrogens (primary N) is 1. The average molecular weight is 219 g/mol. The molecule has 0 radical (unpaired) electrons. The second-order valence-electron chi connectivity index (χ2n) is 4.07. The molecule has 0 aliphatic heterocycles. The summed E-state index contributed by atoms with van der Waals surface area (Å²) in [7, 11) is 1.59. The van der Waals surface area contributed by atoms with E-state index in [1.54, 1.807) is 7.11 Å². The molecule has 0 aliphatic carbocycles. The molecule has 0 aliphatic rings. The molecule has 92 valence electrons. The summed E-state index contributed by atoms with van der Waals surface area (Å²) in [4.78, 5) is 0. The SMILES string of the molecule is CCCC(C)COC(CO)C(N)COC. The van der Waals surface area contributed by atoms with Crippen LogP contribution < -0.4 is 5.73 Å². The predicted molar refractivity (Wildman–Crippen MR) is 60.7 cm³/mol. The van der Waals surface area contributed by atoms with Gasteiger partial charge in [-0.25, -0.2) is 0 Å². The number of hydrogen-bond donors (Lipinski definition) is 2. The number of aliphatic hydroxyl groups is 1. The summed E-state index contributed by atoms with van der Waals surface area (Å²) in [6.07, 6.45) is 1.97. The molecule has 4 nitrogen and oxygen atoms in total. The highest BCUT2D eigenvalue weighted by molar-refractivity contribution is 4.72. The third-order valence-electron chi connectivity index (χ3n) is 2.39. The van der Waals surface area contributed by atoms with E-state index in [9.17, 15) is 0 Å². The van der Waals surface area contributed by atoms with E-state index in [1.165, 1.54) is 0 Å². The Morgan fingerprint density at radius 2 is 2.00 bits per heavy atom. The molecule has 3 atom stereocenters. The van der Waals surface area contributed by atoms with Crippen LogP contribution in [0.2, 0.25) is 0 Å². The summed E-state index contributed by atoms with van der Waals surface area (Å²) in [5, 5.41) is 9.11. The minimum Gasteiger partial charge on any atom is -0.394 e. The molecule has 0 fully saturated rings. The Kier molecular flexibility index (Phi) is 9.00. The molecule has 0 spiro atoms. The molecule has 0 heterocycles. The van der Waals surface area contributed by atoms with Crippen LogP contribution in [0.1, 0.15) is 26.7 Å². The molecule has 3 N–H and O–H groups in total. The summed E-state index contributed by atoms with van der Waals surface area (Å²) in [5.41, 5.74) is 5.79. The summed E-state index contributed by atoms with van der Waals surface area (Å²) >= 11 is 0. The van der Waals surface area contributed by atoms with Gasteiger partial charge in [-0.3, -0.25) is 0 Å². The fourth-order valence-corrected chi connectivity index (χ4v) is 1.48. The van der Waals surface area contributed by atoms with Crippen molar-refractivity contribution in [2.75, 3.05) is 26.9 Å². The first-order chi connectivity index (χ1) is 7.15. The van der Waals surface area contributed by atoms with E-state index >= 15 is 0 Å². The molecule has 0 aromatic heterocycles. The van der Waals surface area contributed by atoms with E-state index in [0.29, 0.717) is 19.1 Å². The minimum absolute atomic E-state index is 0.0522. The van der Waals surface area contributed by atoms with Gasteiger partial charge in [-0.1, -0.05) is 20.3 Å². The monoisotopic (exact) mass is 219 g/mol. The largest absolute Gasteiger partial charge is 0.394 e. The molecule has 0 rings (SSSR count). The van der Waals surface area contributed by atoms with Crippen molar-refractivity contribution in [3.05, 3.63) is 0 Å². The molecule has 4 heteroatoms. The summed E-state index contributed by atoms with van der Waals surface area (Å²) in [6, 6.07) is -0.256. The van der Waals surface area contributed by atoms with Gasteiger partial charge in [0, 0.05) is 13.7 Å². The molecular weight excluding hydrogens is 194 g/mol. The van der Waals surface area contributed by atoms with Gasteiger partial charge in [0.1, 0.15) is 0 Å². The fourth-order valence-electron chi connectivity index (χ4n) is 1.48. The zero-order chi connectivity index (χ0) is 11.7. The lowest BCUT2D eigenvalue weighted by Crippen LogP contribution is -2.43. The Bertz CT molecular complexity index is 144. The van der Waals surface area contributed by atoms with Gasteiger partial charge in [-0.2, -0.15) is 0 Å². The number of aliphatic hydroxyl groups excluding tert-OH is 1. The van der Waals surface area contributed by atoms with Crippen LogP contribution in [0.4, 0.5) is 0 Å².